The van der Waals surface area contributed by atoms with E-state index in [1.165, 1.54) is 13.2 Å². The zero-order valence-corrected chi connectivity index (χ0v) is 12.2. The summed E-state index contributed by atoms with van der Waals surface area (Å²) in [6, 6.07) is 3.17. The van der Waals surface area contributed by atoms with Gasteiger partial charge in [0.15, 0.2) is 0 Å². The van der Waals surface area contributed by atoms with Crippen LogP contribution in [0.15, 0.2) is 18.2 Å². The minimum Gasteiger partial charge on any atom is -0.495 e. The maximum absolute atomic E-state index is 11.7. The van der Waals surface area contributed by atoms with Crippen molar-refractivity contribution in [2.45, 2.75) is 19.9 Å². The Morgan fingerprint density at radius 2 is 2.00 bits per heavy atom. The summed E-state index contributed by atoms with van der Waals surface area (Å²) >= 11 is 5.93. The standard InChI is InChI=1S/C13H17ClN2O4/c1-7(2)11(12(17)18)16-13(19)15-8-4-5-10(20-3)9(14)6-8/h4-7,11H,1-3H3,(H,17,18)(H2,15,16,19). The van der Waals surface area contributed by atoms with Crippen molar-refractivity contribution < 1.29 is 19.4 Å². The molecule has 0 radical (unpaired) electrons. The van der Waals surface area contributed by atoms with Crippen LogP contribution in [0, 0.1) is 5.92 Å². The molecule has 0 spiro atoms. The number of hydrogen-bond acceptors (Lipinski definition) is 3. The van der Waals surface area contributed by atoms with E-state index in [0.29, 0.717) is 16.5 Å². The van der Waals surface area contributed by atoms with Crippen LogP contribution in [0.5, 0.6) is 5.75 Å². The number of carbonyl (C=O) groups excluding carboxylic acids is 1. The molecule has 0 aliphatic rings. The first-order valence-electron chi connectivity index (χ1n) is 5.99. The molecule has 1 rings (SSSR count). The van der Waals surface area contributed by atoms with Crippen LogP contribution < -0.4 is 15.4 Å². The first-order valence-corrected chi connectivity index (χ1v) is 6.36. The van der Waals surface area contributed by atoms with Crippen molar-refractivity contribution in [1.29, 1.82) is 0 Å². The van der Waals surface area contributed by atoms with E-state index in [2.05, 4.69) is 10.6 Å². The molecule has 6 nitrogen and oxygen atoms in total. The number of anilines is 1. The third-order valence-electron chi connectivity index (χ3n) is 2.63. The van der Waals surface area contributed by atoms with Crippen molar-refractivity contribution in [2.24, 2.45) is 5.92 Å². The van der Waals surface area contributed by atoms with Crippen LogP contribution in [-0.2, 0) is 4.79 Å². The van der Waals surface area contributed by atoms with Gasteiger partial charge in [0.25, 0.3) is 0 Å². The van der Waals surface area contributed by atoms with Gasteiger partial charge in [-0.05, 0) is 24.1 Å². The van der Waals surface area contributed by atoms with E-state index in [4.69, 9.17) is 21.4 Å². The second-order valence-electron chi connectivity index (χ2n) is 4.51. The van der Waals surface area contributed by atoms with Gasteiger partial charge in [-0.25, -0.2) is 9.59 Å². The van der Waals surface area contributed by atoms with Crippen molar-refractivity contribution in [2.75, 3.05) is 12.4 Å². The lowest BCUT2D eigenvalue weighted by atomic mass is 10.1. The van der Waals surface area contributed by atoms with Crippen LogP contribution in [0.4, 0.5) is 10.5 Å². The number of aliphatic carboxylic acids is 1. The Hall–Kier alpha value is -1.95. The van der Waals surface area contributed by atoms with Gasteiger partial charge in [0.2, 0.25) is 0 Å². The number of amides is 2. The number of rotatable bonds is 5. The molecule has 0 aliphatic carbocycles. The van der Waals surface area contributed by atoms with Crippen LogP contribution >= 0.6 is 11.6 Å². The normalized spacial score (nSPS) is 11.8. The molecule has 0 aliphatic heterocycles. The van der Waals surface area contributed by atoms with Crippen molar-refractivity contribution in [1.82, 2.24) is 5.32 Å². The Labute approximate surface area is 122 Å². The number of urea groups is 1. The number of nitrogens with one attached hydrogen (secondary N) is 2. The van der Waals surface area contributed by atoms with Gasteiger partial charge in [0.1, 0.15) is 11.8 Å². The monoisotopic (exact) mass is 300 g/mol. The molecule has 3 N–H and O–H groups in total. The summed E-state index contributed by atoms with van der Waals surface area (Å²) in [5.74, 6) is -0.816. The number of halogens is 1. The second-order valence-corrected chi connectivity index (χ2v) is 4.91. The zero-order valence-electron chi connectivity index (χ0n) is 11.4. The van der Waals surface area contributed by atoms with Gasteiger partial charge in [-0.3, -0.25) is 0 Å². The smallest absolute Gasteiger partial charge is 0.326 e. The molecule has 0 saturated heterocycles. The maximum atomic E-state index is 11.7. The first kappa shape index (κ1) is 16.1. The van der Waals surface area contributed by atoms with E-state index >= 15 is 0 Å². The molecular weight excluding hydrogens is 284 g/mol. The largest absolute Gasteiger partial charge is 0.495 e. The molecule has 110 valence electrons. The van der Waals surface area contributed by atoms with E-state index in [-0.39, 0.29) is 5.92 Å². The number of ether oxygens (including phenoxy) is 1. The average Bonchev–Trinajstić information content (AvgIpc) is 2.35. The summed E-state index contributed by atoms with van der Waals surface area (Å²) in [7, 11) is 1.49. The highest BCUT2D eigenvalue weighted by Gasteiger charge is 2.23. The molecular formula is C13H17ClN2O4. The number of carbonyl (C=O) groups is 2. The molecule has 1 aromatic carbocycles. The summed E-state index contributed by atoms with van der Waals surface area (Å²) in [6.07, 6.45) is 0. The Morgan fingerprint density at radius 3 is 2.45 bits per heavy atom. The number of methoxy groups -OCH3 is 1. The molecule has 0 heterocycles. The van der Waals surface area contributed by atoms with E-state index in [9.17, 15) is 9.59 Å². The molecule has 20 heavy (non-hydrogen) atoms. The van der Waals surface area contributed by atoms with E-state index < -0.39 is 18.0 Å². The number of carboxylic acid groups (broad SMARTS) is 1. The minimum atomic E-state index is -1.08. The van der Waals surface area contributed by atoms with Crippen LogP contribution in [0.2, 0.25) is 5.02 Å². The quantitative estimate of drug-likeness (QED) is 0.780. The van der Waals surface area contributed by atoms with Crippen molar-refractivity contribution in [3.8, 4) is 5.75 Å². The fourth-order valence-electron chi connectivity index (χ4n) is 1.57. The van der Waals surface area contributed by atoms with Crippen LogP contribution in [0.25, 0.3) is 0 Å². The van der Waals surface area contributed by atoms with Gasteiger partial charge in [0, 0.05) is 5.69 Å². The number of hydrogen-bond donors (Lipinski definition) is 3. The first-order chi connectivity index (χ1) is 9.35. The lowest BCUT2D eigenvalue weighted by Crippen LogP contribution is -2.46. The summed E-state index contributed by atoms with van der Waals surface area (Å²) in [6.45, 7) is 3.42. The Kier molecular flexibility index (Phi) is 5.64. The highest BCUT2D eigenvalue weighted by molar-refractivity contribution is 6.32. The fraction of sp³-hybridized carbons (Fsp3) is 0.385. The third-order valence-corrected chi connectivity index (χ3v) is 2.92. The molecule has 0 saturated carbocycles. The Morgan fingerprint density at radius 1 is 1.35 bits per heavy atom. The predicted molar refractivity (Wildman–Crippen MR) is 76.4 cm³/mol. The van der Waals surface area contributed by atoms with Gasteiger partial charge in [-0.1, -0.05) is 25.4 Å². The van der Waals surface area contributed by atoms with Crippen molar-refractivity contribution in [3.63, 3.8) is 0 Å². The highest BCUT2D eigenvalue weighted by atomic mass is 35.5. The Bertz CT molecular complexity index is 505. The highest BCUT2D eigenvalue weighted by Crippen LogP contribution is 2.27. The van der Waals surface area contributed by atoms with Gasteiger partial charge in [-0.15, -0.1) is 0 Å². The predicted octanol–water partition coefficient (Wildman–Crippen LogP) is 2.58. The topological polar surface area (TPSA) is 87.7 Å². The Balaban J connectivity index is 2.71. The molecule has 1 atom stereocenters. The molecule has 1 aromatic rings. The average molecular weight is 301 g/mol. The summed E-state index contributed by atoms with van der Waals surface area (Å²) < 4.78 is 4.99. The van der Waals surface area contributed by atoms with Gasteiger partial charge >= 0.3 is 12.0 Å². The van der Waals surface area contributed by atoms with Crippen LogP contribution in [-0.4, -0.2) is 30.3 Å². The van der Waals surface area contributed by atoms with Gasteiger partial charge in [0.05, 0.1) is 12.1 Å². The lowest BCUT2D eigenvalue weighted by Gasteiger charge is -2.18. The molecule has 0 fully saturated rings. The summed E-state index contributed by atoms with van der Waals surface area (Å²) in [4.78, 5) is 22.7. The third kappa shape index (κ3) is 4.31. The zero-order chi connectivity index (χ0) is 15.3. The van der Waals surface area contributed by atoms with Gasteiger partial charge < -0.3 is 20.5 Å². The molecule has 0 aromatic heterocycles. The molecule has 2 amide bonds. The lowest BCUT2D eigenvalue weighted by molar-refractivity contribution is -0.140. The second kappa shape index (κ2) is 7.00. The minimum absolute atomic E-state index is 0.224. The SMILES string of the molecule is COc1ccc(NC(=O)NC(C(=O)O)C(C)C)cc1Cl. The summed E-state index contributed by atoms with van der Waals surface area (Å²) in [5.41, 5.74) is 0.446. The van der Waals surface area contributed by atoms with Crippen LogP contribution in [0.3, 0.4) is 0 Å². The molecule has 7 heteroatoms. The van der Waals surface area contributed by atoms with Gasteiger partial charge in [-0.2, -0.15) is 0 Å². The van der Waals surface area contributed by atoms with Crippen molar-refractivity contribution >= 4 is 29.3 Å². The molecule has 0 bridgehead atoms. The van der Waals surface area contributed by atoms with E-state index in [0.717, 1.165) is 0 Å². The number of carboxylic acids is 1. The van der Waals surface area contributed by atoms with Crippen LogP contribution in [0.1, 0.15) is 13.8 Å². The van der Waals surface area contributed by atoms with E-state index in [1.54, 1.807) is 26.0 Å². The van der Waals surface area contributed by atoms with E-state index in [1.807, 2.05) is 0 Å². The summed E-state index contributed by atoms with van der Waals surface area (Å²) in [5, 5.41) is 14.3. The number of benzene rings is 1. The fourth-order valence-corrected chi connectivity index (χ4v) is 1.82. The maximum Gasteiger partial charge on any atom is 0.326 e. The van der Waals surface area contributed by atoms with Crippen molar-refractivity contribution in [3.05, 3.63) is 23.2 Å². The molecule has 1 unspecified atom stereocenters.